The van der Waals surface area contributed by atoms with Crippen LogP contribution in [0, 0.1) is 20.8 Å². The highest BCUT2D eigenvalue weighted by Gasteiger charge is 2.20. The third-order valence-corrected chi connectivity index (χ3v) is 6.23. The van der Waals surface area contributed by atoms with Crippen LogP contribution in [0.2, 0.25) is 0 Å². The Kier molecular flexibility index (Phi) is 6.03. The molecule has 132 valence electrons. The Labute approximate surface area is 147 Å². The normalized spacial score (nSPS) is 13.0. The van der Waals surface area contributed by atoms with E-state index in [0.29, 0.717) is 12.4 Å². The van der Waals surface area contributed by atoms with Gasteiger partial charge in [-0.05, 0) is 68.0 Å². The molecule has 5 nitrogen and oxygen atoms in total. The largest absolute Gasteiger partial charge is 0.493 e. The first kappa shape index (κ1) is 18.9. The van der Waals surface area contributed by atoms with Crippen LogP contribution in [-0.2, 0) is 10.0 Å². The molecule has 1 unspecified atom stereocenters. The summed E-state index contributed by atoms with van der Waals surface area (Å²) in [5.41, 5.74) is 2.50. The molecule has 0 aliphatic rings. The van der Waals surface area contributed by atoms with Gasteiger partial charge in [-0.1, -0.05) is 0 Å². The molecule has 0 aliphatic carbocycles. The zero-order valence-corrected chi connectivity index (χ0v) is 15.9. The van der Waals surface area contributed by atoms with Crippen LogP contribution in [0.25, 0.3) is 0 Å². The molecular formula is C17H23NO4S2. The maximum atomic E-state index is 12.5. The molecule has 0 saturated carbocycles. The molecule has 7 heteroatoms. The number of thiophene rings is 1. The van der Waals surface area contributed by atoms with Crippen molar-refractivity contribution < 1.29 is 18.3 Å². The second kappa shape index (κ2) is 7.65. The summed E-state index contributed by atoms with van der Waals surface area (Å²) in [6, 6.07) is 5.07. The fraction of sp³-hybridized carbons (Fsp3) is 0.412. The number of aliphatic hydroxyl groups is 1. The minimum Gasteiger partial charge on any atom is -0.493 e. The van der Waals surface area contributed by atoms with Crippen molar-refractivity contribution in [2.75, 3.05) is 13.2 Å². The third-order valence-electron chi connectivity index (χ3n) is 3.70. The van der Waals surface area contributed by atoms with Crippen LogP contribution in [-0.4, -0.2) is 26.7 Å². The molecule has 0 aliphatic heterocycles. The van der Waals surface area contributed by atoms with E-state index in [1.165, 1.54) is 11.3 Å². The first-order chi connectivity index (χ1) is 11.3. The lowest BCUT2D eigenvalue weighted by molar-refractivity contribution is 0.185. The number of aliphatic hydroxyl groups excluding tert-OH is 1. The quantitative estimate of drug-likeness (QED) is 0.786. The second-order valence-corrected chi connectivity index (χ2v) is 8.37. The van der Waals surface area contributed by atoms with Gasteiger partial charge < -0.3 is 9.84 Å². The number of nitrogens with one attached hydrogen (secondary N) is 1. The molecule has 0 saturated heterocycles. The molecule has 0 bridgehead atoms. The zero-order valence-electron chi connectivity index (χ0n) is 14.3. The summed E-state index contributed by atoms with van der Waals surface area (Å²) in [4.78, 5) is 0.952. The van der Waals surface area contributed by atoms with Gasteiger partial charge in [0.15, 0.2) is 0 Å². The van der Waals surface area contributed by atoms with Crippen LogP contribution < -0.4 is 9.46 Å². The van der Waals surface area contributed by atoms with Crippen LogP contribution in [0.5, 0.6) is 5.75 Å². The summed E-state index contributed by atoms with van der Waals surface area (Å²) >= 11 is 1.41. The average molecular weight is 370 g/mol. The van der Waals surface area contributed by atoms with Gasteiger partial charge in [0.05, 0.1) is 11.5 Å². The monoisotopic (exact) mass is 369 g/mol. The summed E-state index contributed by atoms with van der Waals surface area (Å²) in [5, 5.41) is 12.1. The van der Waals surface area contributed by atoms with Crippen molar-refractivity contribution in [1.82, 2.24) is 4.72 Å². The van der Waals surface area contributed by atoms with Crippen LogP contribution in [0.15, 0.2) is 28.5 Å². The topological polar surface area (TPSA) is 75.6 Å². The van der Waals surface area contributed by atoms with Gasteiger partial charge in [0.2, 0.25) is 10.0 Å². The predicted molar refractivity (Wildman–Crippen MR) is 96.3 cm³/mol. The summed E-state index contributed by atoms with van der Waals surface area (Å²) in [7, 11) is -3.70. The number of ether oxygens (including phenoxy) is 1. The van der Waals surface area contributed by atoms with Crippen molar-refractivity contribution in [3.8, 4) is 5.75 Å². The van der Waals surface area contributed by atoms with Gasteiger partial charge in [0.25, 0.3) is 0 Å². The van der Waals surface area contributed by atoms with E-state index < -0.39 is 16.1 Å². The highest BCUT2D eigenvalue weighted by atomic mass is 32.2. The maximum absolute atomic E-state index is 12.5. The van der Waals surface area contributed by atoms with Crippen molar-refractivity contribution >= 4 is 21.4 Å². The Morgan fingerprint density at radius 1 is 1.21 bits per heavy atom. The van der Waals surface area contributed by atoms with Crippen LogP contribution in [0.3, 0.4) is 0 Å². The number of hydrogen-bond acceptors (Lipinski definition) is 5. The van der Waals surface area contributed by atoms with Gasteiger partial charge in [0, 0.05) is 11.4 Å². The number of hydrogen-bond donors (Lipinski definition) is 2. The van der Waals surface area contributed by atoms with Crippen LogP contribution >= 0.6 is 11.3 Å². The lowest BCUT2D eigenvalue weighted by atomic mass is 10.1. The molecule has 0 radical (unpaired) electrons. The van der Waals surface area contributed by atoms with E-state index in [4.69, 9.17) is 4.74 Å². The fourth-order valence-corrected chi connectivity index (χ4v) is 4.65. The SMILES string of the molecule is CCOc1c(C)cc(S(=O)(=O)NCC(O)c2sccc2C)cc1C. The fourth-order valence-electron chi connectivity index (χ4n) is 2.53. The number of rotatable bonds is 7. The molecule has 2 aromatic rings. The summed E-state index contributed by atoms with van der Waals surface area (Å²) < 4.78 is 33.0. The van der Waals surface area contributed by atoms with E-state index >= 15 is 0 Å². The van der Waals surface area contributed by atoms with Crippen LogP contribution in [0.4, 0.5) is 0 Å². The van der Waals surface area contributed by atoms with E-state index in [2.05, 4.69) is 4.72 Å². The average Bonchev–Trinajstić information content (AvgIpc) is 2.94. The van der Waals surface area contributed by atoms with E-state index in [-0.39, 0.29) is 11.4 Å². The molecule has 0 fully saturated rings. The Balaban J connectivity index is 2.17. The van der Waals surface area contributed by atoms with Crippen LogP contribution in [0.1, 0.15) is 34.6 Å². The highest BCUT2D eigenvalue weighted by Crippen LogP contribution is 2.27. The summed E-state index contributed by atoms with van der Waals surface area (Å²) in [5.74, 6) is 0.714. The van der Waals surface area contributed by atoms with Gasteiger partial charge in [-0.25, -0.2) is 13.1 Å². The van der Waals surface area contributed by atoms with Crippen molar-refractivity contribution in [3.63, 3.8) is 0 Å². The molecular weight excluding hydrogens is 346 g/mol. The predicted octanol–water partition coefficient (Wildman–Crippen LogP) is 3.08. The molecule has 24 heavy (non-hydrogen) atoms. The van der Waals surface area contributed by atoms with E-state index in [1.54, 1.807) is 12.1 Å². The lowest BCUT2D eigenvalue weighted by Crippen LogP contribution is -2.28. The van der Waals surface area contributed by atoms with E-state index in [9.17, 15) is 13.5 Å². The summed E-state index contributed by atoms with van der Waals surface area (Å²) in [6.07, 6.45) is -0.857. The first-order valence-corrected chi connectivity index (χ1v) is 10.1. The maximum Gasteiger partial charge on any atom is 0.240 e. The number of sulfonamides is 1. The Bertz CT molecular complexity index is 789. The van der Waals surface area contributed by atoms with Crippen molar-refractivity contribution in [3.05, 3.63) is 45.1 Å². The van der Waals surface area contributed by atoms with Crippen molar-refractivity contribution in [1.29, 1.82) is 0 Å². The smallest absolute Gasteiger partial charge is 0.240 e. The molecule has 1 heterocycles. The standard InChI is InChI=1S/C17H23NO4S2/c1-5-22-16-12(3)8-14(9-13(16)4)24(20,21)18-10-15(19)17-11(2)6-7-23-17/h6-9,15,18-19H,5,10H2,1-4H3. The van der Waals surface area contributed by atoms with Gasteiger partial charge in [-0.3, -0.25) is 0 Å². The zero-order chi connectivity index (χ0) is 17.9. The van der Waals surface area contributed by atoms with E-state index in [0.717, 1.165) is 21.6 Å². The minimum atomic E-state index is -3.70. The molecule has 1 aromatic carbocycles. The highest BCUT2D eigenvalue weighted by molar-refractivity contribution is 7.89. The Hall–Kier alpha value is -1.41. The molecule has 1 atom stereocenters. The lowest BCUT2D eigenvalue weighted by Gasteiger charge is -2.15. The number of benzene rings is 1. The Morgan fingerprint density at radius 2 is 1.83 bits per heavy atom. The number of aryl methyl sites for hydroxylation is 3. The van der Waals surface area contributed by atoms with Gasteiger partial charge in [-0.2, -0.15) is 0 Å². The third kappa shape index (κ3) is 4.16. The molecule has 1 aromatic heterocycles. The van der Waals surface area contributed by atoms with Gasteiger partial charge in [0.1, 0.15) is 11.9 Å². The van der Waals surface area contributed by atoms with Crippen molar-refractivity contribution in [2.45, 2.75) is 38.7 Å². The van der Waals surface area contributed by atoms with Gasteiger partial charge in [-0.15, -0.1) is 11.3 Å². The van der Waals surface area contributed by atoms with Gasteiger partial charge >= 0.3 is 0 Å². The minimum absolute atomic E-state index is 0.0605. The Morgan fingerprint density at radius 3 is 2.33 bits per heavy atom. The molecule has 0 spiro atoms. The molecule has 2 N–H and O–H groups in total. The molecule has 0 amide bonds. The summed E-state index contributed by atoms with van der Waals surface area (Å²) in [6.45, 7) is 7.89. The first-order valence-electron chi connectivity index (χ1n) is 7.72. The molecule has 2 rings (SSSR count). The van der Waals surface area contributed by atoms with Crippen molar-refractivity contribution in [2.24, 2.45) is 0 Å². The van der Waals surface area contributed by atoms with E-state index in [1.807, 2.05) is 39.1 Å². The second-order valence-electron chi connectivity index (χ2n) is 5.65.